The van der Waals surface area contributed by atoms with Crippen LogP contribution in [0.4, 0.5) is 10.2 Å². The van der Waals surface area contributed by atoms with Gasteiger partial charge in [-0.2, -0.15) is 0 Å². The van der Waals surface area contributed by atoms with Crippen molar-refractivity contribution in [2.24, 2.45) is 5.41 Å². The molecule has 90 valence electrons. The molecule has 0 aliphatic heterocycles. The van der Waals surface area contributed by atoms with Gasteiger partial charge in [-0.1, -0.05) is 13.8 Å². The Morgan fingerprint density at radius 3 is 2.56 bits per heavy atom. The average Bonchev–Trinajstić information content (AvgIpc) is 2.15. The molecule has 1 rings (SSSR count). The summed E-state index contributed by atoms with van der Waals surface area (Å²) in [6.45, 7) is 6.16. The van der Waals surface area contributed by atoms with Gasteiger partial charge in [0.1, 0.15) is 11.6 Å². The third kappa shape index (κ3) is 4.57. The monoisotopic (exact) mass is 225 g/mol. The summed E-state index contributed by atoms with van der Waals surface area (Å²) < 4.78 is 12.6. The summed E-state index contributed by atoms with van der Waals surface area (Å²) >= 11 is 0. The maximum Gasteiger partial charge on any atom is 0.141 e. The van der Waals surface area contributed by atoms with Crippen LogP contribution in [-0.2, 0) is 0 Å². The van der Waals surface area contributed by atoms with Gasteiger partial charge in [-0.05, 0) is 31.6 Å². The number of anilines is 1. The van der Waals surface area contributed by atoms with Gasteiger partial charge in [-0.25, -0.2) is 9.37 Å². The first-order chi connectivity index (χ1) is 7.39. The minimum Gasteiger partial charge on any atom is -0.369 e. The molecular weight excluding hydrogens is 205 g/mol. The van der Waals surface area contributed by atoms with Crippen LogP contribution in [0.2, 0.25) is 0 Å². The second kappa shape index (κ2) is 5.25. The van der Waals surface area contributed by atoms with Crippen LogP contribution in [0, 0.1) is 11.2 Å². The molecule has 0 saturated heterocycles. The summed E-state index contributed by atoms with van der Waals surface area (Å²) in [5, 5.41) is 3.21. The normalized spacial score (nSPS) is 11.9. The summed E-state index contributed by atoms with van der Waals surface area (Å²) in [7, 11) is 4.11. The molecule has 0 aromatic carbocycles. The summed E-state index contributed by atoms with van der Waals surface area (Å²) in [5.41, 5.74) is 0.152. The Morgan fingerprint density at radius 1 is 1.38 bits per heavy atom. The number of hydrogen-bond donors (Lipinski definition) is 1. The first-order valence-electron chi connectivity index (χ1n) is 5.39. The van der Waals surface area contributed by atoms with Gasteiger partial charge < -0.3 is 10.2 Å². The molecule has 0 spiro atoms. The summed E-state index contributed by atoms with van der Waals surface area (Å²) in [6, 6.07) is 3.06. The van der Waals surface area contributed by atoms with Crippen LogP contribution in [0.3, 0.4) is 0 Å². The van der Waals surface area contributed by atoms with Gasteiger partial charge in [-0.3, -0.25) is 0 Å². The molecule has 1 aromatic heterocycles. The van der Waals surface area contributed by atoms with Crippen LogP contribution in [0.15, 0.2) is 18.3 Å². The molecule has 0 bridgehead atoms. The summed E-state index contributed by atoms with van der Waals surface area (Å²) in [4.78, 5) is 6.11. The summed E-state index contributed by atoms with van der Waals surface area (Å²) in [5.74, 6) is 0.409. The number of pyridine rings is 1. The lowest BCUT2D eigenvalue weighted by molar-refractivity contribution is 0.254. The van der Waals surface area contributed by atoms with E-state index < -0.39 is 0 Å². The molecule has 0 fully saturated rings. The third-order valence-corrected chi connectivity index (χ3v) is 2.22. The molecule has 0 aliphatic carbocycles. The number of rotatable bonds is 5. The molecular formula is C12H20FN3. The van der Waals surface area contributed by atoms with Crippen LogP contribution in [0.25, 0.3) is 0 Å². The first kappa shape index (κ1) is 12.9. The van der Waals surface area contributed by atoms with E-state index in [9.17, 15) is 4.39 Å². The van der Waals surface area contributed by atoms with Crippen molar-refractivity contribution in [3.8, 4) is 0 Å². The van der Waals surface area contributed by atoms with Crippen molar-refractivity contribution in [1.82, 2.24) is 9.88 Å². The molecule has 3 nitrogen and oxygen atoms in total. The zero-order valence-corrected chi connectivity index (χ0v) is 10.4. The maximum absolute atomic E-state index is 12.6. The van der Waals surface area contributed by atoms with Crippen molar-refractivity contribution in [2.45, 2.75) is 13.8 Å². The van der Waals surface area contributed by atoms with Crippen molar-refractivity contribution in [3.05, 3.63) is 24.1 Å². The lowest BCUT2D eigenvalue weighted by Gasteiger charge is -2.28. The predicted octanol–water partition coefficient (Wildman–Crippen LogP) is 2.22. The first-order valence-corrected chi connectivity index (χ1v) is 5.39. The minimum absolute atomic E-state index is 0.152. The highest BCUT2D eigenvalue weighted by molar-refractivity contribution is 5.33. The molecule has 0 amide bonds. The fraction of sp³-hybridized carbons (Fsp3) is 0.583. The molecule has 16 heavy (non-hydrogen) atoms. The Bertz CT molecular complexity index is 320. The second-order valence-corrected chi connectivity index (χ2v) is 5.12. The van der Waals surface area contributed by atoms with Crippen molar-refractivity contribution < 1.29 is 4.39 Å². The van der Waals surface area contributed by atoms with Crippen molar-refractivity contribution in [1.29, 1.82) is 0 Å². The molecule has 0 radical (unpaired) electrons. The van der Waals surface area contributed by atoms with E-state index in [0.29, 0.717) is 5.82 Å². The SMILES string of the molecule is CN(C)CC(C)(C)CNc1ccc(F)cn1. The van der Waals surface area contributed by atoms with Crippen molar-refractivity contribution in [3.63, 3.8) is 0 Å². The largest absolute Gasteiger partial charge is 0.369 e. The number of hydrogen-bond acceptors (Lipinski definition) is 3. The van der Waals surface area contributed by atoms with E-state index in [1.165, 1.54) is 12.3 Å². The predicted molar refractivity (Wildman–Crippen MR) is 65.0 cm³/mol. The highest BCUT2D eigenvalue weighted by Crippen LogP contribution is 2.16. The molecule has 0 unspecified atom stereocenters. The van der Waals surface area contributed by atoms with E-state index >= 15 is 0 Å². The molecule has 1 heterocycles. The third-order valence-electron chi connectivity index (χ3n) is 2.22. The van der Waals surface area contributed by atoms with Gasteiger partial charge in [0, 0.05) is 13.1 Å². The zero-order chi connectivity index (χ0) is 12.2. The van der Waals surface area contributed by atoms with Crippen LogP contribution in [0.5, 0.6) is 0 Å². The van der Waals surface area contributed by atoms with E-state index in [4.69, 9.17) is 0 Å². The Kier molecular flexibility index (Phi) is 4.24. The molecule has 1 aromatic rings. The van der Waals surface area contributed by atoms with Crippen LogP contribution >= 0.6 is 0 Å². The second-order valence-electron chi connectivity index (χ2n) is 5.12. The number of nitrogens with one attached hydrogen (secondary N) is 1. The lowest BCUT2D eigenvalue weighted by Crippen LogP contribution is -2.34. The standard InChI is InChI=1S/C12H20FN3/c1-12(2,9-16(3)4)8-15-11-6-5-10(13)7-14-11/h5-7H,8-9H2,1-4H3,(H,14,15). The van der Waals surface area contributed by atoms with Crippen molar-refractivity contribution >= 4 is 5.82 Å². The van der Waals surface area contributed by atoms with E-state index in [-0.39, 0.29) is 11.2 Å². The van der Waals surface area contributed by atoms with E-state index in [1.807, 2.05) is 0 Å². The number of nitrogens with zero attached hydrogens (tertiary/aromatic N) is 2. The topological polar surface area (TPSA) is 28.2 Å². The van der Waals surface area contributed by atoms with Gasteiger partial charge in [0.25, 0.3) is 0 Å². The molecule has 0 atom stereocenters. The Labute approximate surface area is 96.7 Å². The van der Waals surface area contributed by atoms with E-state index in [2.05, 4.69) is 43.1 Å². The lowest BCUT2D eigenvalue weighted by atomic mass is 9.93. The summed E-state index contributed by atoms with van der Waals surface area (Å²) in [6.07, 6.45) is 1.22. The fourth-order valence-corrected chi connectivity index (χ4v) is 1.72. The van der Waals surface area contributed by atoms with Gasteiger partial charge in [-0.15, -0.1) is 0 Å². The van der Waals surface area contributed by atoms with Crippen molar-refractivity contribution in [2.75, 3.05) is 32.5 Å². The zero-order valence-electron chi connectivity index (χ0n) is 10.4. The highest BCUT2D eigenvalue weighted by Gasteiger charge is 2.18. The Balaban J connectivity index is 2.47. The van der Waals surface area contributed by atoms with Crippen LogP contribution in [-0.4, -0.2) is 37.1 Å². The van der Waals surface area contributed by atoms with E-state index in [0.717, 1.165) is 13.1 Å². The van der Waals surface area contributed by atoms with Gasteiger partial charge in [0.2, 0.25) is 0 Å². The molecule has 4 heteroatoms. The minimum atomic E-state index is -0.307. The fourth-order valence-electron chi connectivity index (χ4n) is 1.72. The van der Waals surface area contributed by atoms with Crippen LogP contribution < -0.4 is 5.32 Å². The quantitative estimate of drug-likeness (QED) is 0.833. The Morgan fingerprint density at radius 2 is 2.06 bits per heavy atom. The number of aromatic nitrogens is 1. The highest BCUT2D eigenvalue weighted by atomic mass is 19.1. The Hall–Kier alpha value is -1.16. The van der Waals surface area contributed by atoms with E-state index in [1.54, 1.807) is 6.07 Å². The van der Waals surface area contributed by atoms with Gasteiger partial charge >= 0.3 is 0 Å². The molecule has 0 saturated carbocycles. The molecule has 0 aliphatic rings. The average molecular weight is 225 g/mol. The smallest absolute Gasteiger partial charge is 0.141 e. The molecule has 1 N–H and O–H groups in total. The number of halogens is 1. The van der Waals surface area contributed by atoms with Crippen LogP contribution in [0.1, 0.15) is 13.8 Å². The van der Waals surface area contributed by atoms with Gasteiger partial charge in [0.05, 0.1) is 6.20 Å². The maximum atomic E-state index is 12.6. The van der Waals surface area contributed by atoms with Gasteiger partial charge in [0.15, 0.2) is 0 Å².